The van der Waals surface area contributed by atoms with Gasteiger partial charge in [0.25, 0.3) is 0 Å². The van der Waals surface area contributed by atoms with E-state index in [1.54, 1.807) is 12.1 Å². The van der Waals surface area contributed by atoms with Crippen LogP contribution in [0.1, 0.15) is 30.9 Å². The molecule has 0 aliphatic carbocycles. The number of nitrogens with zero attached hydrogens (tertiary/aromatic N) is 2. The van der Waals surface area contributed by atoms with Gasteiger partial charge in [-0.3, -0.25) is 4.90 Å². The molecular weight excluding hydrogens is 253 g/mol. The second-order valence-electron chi connectivity index (χ2n) is 5.74. The highest BCUT2D eigenvalue weighted by molar-refractivity contribution is 5.27. The minimum Gasteiger partial charge on any atom is -0.326 e. The second-order valence-corrected chi connectivity index (χ2v) is 5.74. The van der Waals surface area contributed by atoms with Gasteiger partial charge in [-0.05, 0) is 56.2 Å². The van der Waals surface area contributed by atoms with Crippen molar-refractivity contribution in [2.45, 2.75) is 38.9 Å². The molecule has 1 heterocycles. The summed E-state index contributed by atoms with van der Waals surface area (Å²) in [6.07, 6.45) is 2.56. The molecule has 1 aliphatic heterocycles. The standard InChI is InChI=1S/C16H26FN3/c1-3-20-8-4-5-16(20)12-19(2)11-14-9-15(17)7-6-13(14)10-18/h6-7,9,16H,3-5,8,10-12,18H2,1-2H3. The average Bonchev–Trinajstić information content (AvgIpc) is 2.86. The number of hydrogen-bond donors (Lipinski definition) is 1. The molecule has 4 heteroatoms. The van der Waals surface area contributed by atoms with Crippen LogP contribution in [-0.4, -0.2) is 42.5 Å². The summed E-state index contributed by atoms with van der Waals surface area (Å²) in [4.78, 5) is 4.82. The predicted molar refractivity (Wildman–Crippen MR) is 80.9 cm³/mol. The third kappa shape index (κ3) is 3.78. The first-order chi connectivity index (χ1) is 9.63. The Morgan fingerprint density at radius 3 is 2.90 bits per heavy atom. The summed E-state index contributed by atoms with van der Waals surface area (Å²) in [5.74, 6) is -0.179. The molecule has 0 bridgehead atoms. The molecule has 0 spiro atoms. The molecule has 20 heavy (non-hydrogen) atoms. The van der Waals surface area contributed by atoms with Gasteiger partial charge in [0.05, 0.1) is 0 Å². The number of halogens is 1. The van der Waals surface area contributed by atoms with E-state index in [1.807, 2.05) is 0 Å². The lowest BCUT2D eigenvalue weighted by Gasteiger charge is -2.28. The summed E-state index contributed by atoms with van der Waals surface area (Å²) in [7, 11) is 2.11. The summed E-state index contributed by atoms with van der Waals surface area (Å²) in [5.41, 5.74) is 7.78. The summed E-state index contributed by atoms with van der Waals surface area (Å²) in [5, 5.41) is 0. The maximum atomic E-state index is 13.4. The van der Waals surface area contributed by atoms with Crippen molar-refractivity contribution in [1.29, 1.82) is 0 Å². The Morgan fingerprint density at radius 2 is 2.20 bits per heavy atom. The monoisotopic (exact) mass is 279 g/mol. The Bertz CT molecular complexity index is 436. The lowest BCUT2D eigenvalue weighted by atomic mass is 10.1. The maximum Gasteiger partial charge on any atom is 0.123 e. The highest BCUT2D eigenvalue weighted by atomic mass is 19.1. The molecule has 3 nitrogen and oxygen atoms in total. The number of hydrogen-bond acceptors (Lipinski definition) is 3. The van der Waals surface area contributed by atoms with E-state index < -0.39 is 0 Å². The van der Waals surface area contributed by atoms with Crippen LogP contribution in [-0.2, 0) is 13.1 Å². The zero-order chi connectivity index (χ0) is 14.5. The third-order valence-corrected chi connectivity index (χ3v) is 4.26. The van der Waals surface area contributed by atoms with E-state index in [2.05, 4.69) is 23.8 Å². The normalized spacial score (nSPS) is 19.9. The van der Waals surface area contributed by atoms with Crippen LogP contribution in [0.2, 0.25) is 0 Å². The molecule has 1 saturated heterocycles. The van der Waals surface area contributed by atoms with Crippen LogP contribution in [0.15, 0.2) is 18.2 Å². The van der Waals surface area contributed by atoms with Crippen LogP contribution < -0.4 is 5.73 Å². The molecule has 1 aliphatic rings. The Kier molecular flexibility index (Phi) is 5.52. The smallest absolute Gasteiger partial charge is 0.123 e. The fraction of sp³-hybridized carbons (Fsp3) is 0.625. The predicted octanol–water partition coefficient (Wildman–Crippen LogP) is 2.20. The lowest BCUT2D eigenvalue weighted by molar-refractivity contribution is 0.194. The van der Waals surface area contributed by atoms with Gasteiger partial charge in [0.1, 0.15) is 5.82 Å². The van der Waals surface area contributed by atoms with Crippen LogP contribution in [0.5, 0.6) is 0 Å². The van der Waals surface area contributed by atoms with Crippen LogP contribution in [0.3, 0.4) is 0 Å². The molecule has 0 aromatic heterocycles. The second kappa shape index (κ2) is 7.16. The molecule has 1 unspecified atom stereocenters. The van der Waals surface area contributed by atoms with E-state index in [0.717, 1.165) is 30.8 Å². The fourth-order valence-corrected chi connectivity index (χ4v) is 3.17. The molecule has 2 rings (SSSR count). The minimum atomic E-state index is -0.179. The Balaban J connectivity index is 1.97. The summed E-state index contributed by atoms with van der Waals surface area (Å²) in [6, 6.07) is 5.54. The first-order valence-corrected chi connectivity index (χ1v) is 7.54. The molecule has 1 aromatic rings. The van der Waals surface area contributed by atoms with E-state index >= 15 is 0 Å². The number of likely N-dealkylation sites (N-methyl/N-ethyl adjacent to an activating group) is 2. The number of nitrogens with two attached hydrogens (primary N) is 1. The van der Waals surface area contributed by atoms with Gasteiger partial charge in [0.2, 0.25) is 0 Å². The van der Waals surface area contributed by atoms with E-state index in [4.69, 9.17) is 5.73 Å². The van der Waals surface area contributed by atoms with Crippen molar-refractivity contribution in [2.24, 2.45) is 5.73 Å². The molecule has 2 N–H and O–H groups in total. The van der Waals surface area contributed by atoms with Gasteiger partial charge in [0.15, 0.2) is 0 Å². The van der Waals surface area contributed by atoms with E-state index in [1.165, 1.54) is 25.5 Å². The van der Waals surface area contributed by atoms with Gasteiger partial charge in [-0.25, -0.2) is 4.39 Å². The van der Waals surface area contributed by atoms with Gasteiger partial charge in [-0.2, -0.15) is 0 Å². The zero-order valence-corrected chi connectivity index (χ0v) is 12.6. The minimum absolute atomic E-state index is 0.179. The van der Waals surface area contributed by atoms with Gasteiger partial charge in [-0.15, -0.1) is 0 Å². The highest BCUT2D eigenvalue weighted by Gasteiger charge is 2.24. The highest BCUT2D eigenvalue weighted by Crippen LogP contribution is 2.19. The van der Waals surface area contributed by atoms with Crippen LogP contribution in [0.4, 0.5) is 4.39 Å². The van der Waals surface area contributed by atoms with Crippen molar-refractivity contribution in [1.82, 2.24) is 9.80 Å². The number of benzene rings is 1. The van der Waals surface area contributed by atoms with Crippen LogP contribution >= 0.6 is 0 Å². The molecule has 0 saturated carbocycles. The van der Waals surface area contributed by atoms with Crippen molar-refractivity contribution < 1.29 is 4.39 Å². The van der Waals surface area contributed by atoms with Crippen molar-refractivity contribution in [3.63, 3.8) is 0 Å². The maximum absolute atomic E-state index is 13.4. The van der Waals surface area contributed by atoms with Gasteiger partial charge in [-0.1, -0.05) is 13.0 Å². The third-order valence-electron chi connectivity index (χ3n) is 4.26. The largest absolute Gasteiger partial charge is 0.326 e. The molecule has 1 atom stereocenters. The number of rotatable bonds is 6. The van der Waals surface area contributed by atoms with Crippen molar-refractivity contribution in [3.8, 4) is 0 Å². The summed E-state index contributed by atoms with van der Waals surface area (Å²) in [6.45, 7) is 6.81. The lowest BCUT2D eigenvalue weighted by Crippen LogP contribution is -2.38. The van der Waals surface area contributed by atoms with E-state index in [9.17, 15) is 4.39 Å². The number of likely N-dealkylation sites (tertiary alicyclic amines) is 1. The molecule has 1 aromatic carbocycles. The van der Waals surface area contributed by atoms with Gasteiger partial charge in [0, 0.05) is 25.7 Å². The SMILES string of the molecule is CCN1CCCC1CN(C)Cc1cc(F)ccc1CN. The summed E-state index contributed by atoms with van der Waals surface area (Å²) < 4.78 is 13.4. The molecular formula is C16H26FN3. The van der Waals surface area contributed by atoms with Crippen LogP contribution in [0, 0.1) is 5.82 Å². The molecule has 0 radical (unpaired) electrons. The van der Waals surface area contributed by atoms with Crippen molar-refractivity contribution in [3.05, 3.63) is 35.1 Å². The van der Waals surface area contributed by atoms with Gasteiger partial charge < -0.3 is 10.6 Å². The van der Waals surface area contributed by atoms with Crippen LogP contribution in [0.25, 0.3) is 0 Å². The Labute approximate surface area is 121 Å². The van der Waals surface area contributed by atoms with E-state index in [-0.39, 0.29) is 5.82 Å². The van der Waals surface area contributed by atoms with Crippen molar-refractivity contribution >= 4 is 0 Å². The van der Waals surface area contributed by atoms with E-state index in [0.29, 0.717) is 12.6 Å². The Morgan fingerprint density at radius 1 is 1.40 bits per heavy atom. The van der Waals surface area contributed by atoms with Gasteiger partial charge >= 0.3 is 0 Å². The zero-order valence-electron chi connectivity index (χ0n) is 12.6. The molecule has 0 amide bonds. The summed E-state index contributed by atoms with van der Waals surface area (Å²) >= 11 is 0. The molecule has 112 valence electrons. The molecule has 1 fully saturated rings. The first kappa shape index (κ1) is 15.4. The fourth-order valence-electron chi connectivity index (χ4n) is 3.17. The topological polar surface area (TPSA) is 32.5 Å². The Hall–Kier alpha value is -0.970. The van der Waals surface area contributed by atoms with Crippen molar-refractivity contribution in [2.75, 3.05) is 26.7 Å². The quantitative estimate of drug-likeness (QED) is 0.866. The first-order valence-electron chi connectivity index (χ1n) is 7.54. The average molecular weight is 279 g/mol.